The first-order valence-corrected chi connectivity index (χ1v) is 15.4. The second-order valence-corrected chi connectivity index (χ2v) is 16.6. The van der Waals surface area contributed by atoms with Crippen LogP contribution in [0.1, 0.15) is 144 Å². The van der Waals surface area contributed by atoms with Gasteiger partial charge in [0.2, 0.25) is 0 Å². The Morgan fingerprint density at radius 3 is 1.00 bits per heavy atom. The number of hydrogen-bond acceptors (Lipinski definition) is 0. The van der Waals surface area contributed by atoms with Crippen molar-refractivity contribution in [3.63, 3.8) is 0 Å². The Bertz CT molecular complexity index is 1200. The van der Waals surface area contributed by atoms with Gasteiger partial charge in [0.05, 0.1) is 0 Å². The average molecular weight is 491 g/mol. The highest BCUT2D eigenvalue weighted by molar-refractivity contribution is 5.64. The maximum absolute atomic E-state index is 2.76. The van der Waals surface area contributed by atoms with Gasteiger partial charge in [0, 0.05) is 11.8 Å². The molecule has 7 aliphatic carbocycles. The van der Waals surface area contributed by atoms with Crippen LogP contribution in [0.25, 0.3) is 0 Å². The minimum absolute atomic E-state index is 0.273. The first kappa shape index (κ1) is 23.1. The second-order valence-electron chi connectivity index (χ2n) is 16.6. The molecule has 4 atom stereocenters. The van der Waals surface area contributed by atoms with E-state index in [2.05, 4.69) is 91.8 Å². The fraction of sp³-hybridized carbons (Fsp3) is 0.622. The molecule has 0 nitrogen and oxygen atoms in total. The summed E-state index contributed by atoms with van der Waals surface area (Å²) in [6, 6.07) is 11.0. The van der Waals surface area contributed by atoms with E-state index in [0.717, 1.165) is 23.7 Å². The van der Waals surface area contributed by atoms with Gasteiger partial charge in [-0.3, -0.25) is 0 Å². The molecular formula is C37H46. The van der Waals surface area contributed by atoms with Crippen molar-refractivity contribution in [2.45, 2.75) is 121 Å². The first-order valence-electron chi connectivity index (χ1n) is 15.4. The largest absolute Gasteiger partial charge is 0.0848 e. The van der Waals surface area contributed by atoms with E-state index in [4.69, 9.17) is 0 Å². The molecule has 4 bridgehead atoms. The van der Waals surface area contributed by atoms with Crippen LogP contribution in [0.4, 0.5) is 0 Å². The van der Waals surface area contributed by atoms with Crippen molar-refractivity contribution in [2.75, 3.05) is 0 Å². The van der Waals surface area contributed by atoms with E-state index in [1.54, 1.807) is 44.5 Å². The topological polar surface area (TPSA) is 0 Å². The standard InChI is InChI=1S/C37H46/c1-34(2)11-12-35(3,4)27-17-23-22(16-26(27)34)32-24-18-28-29(37(7,8)14-13-36(28,5)6)19-25(24)33(23)31-21-10-9-20(15-21)30(31)32/h9-10,16-21,30-33H,11-15H2,1-8H3. The van der Waals surface area contributed by atoms with Gasteiger partial charge in [-0.2, -0.15) is 0 Å². The predicted octanol–water partition coefficient (Wildman–Crippen LogP) is 9.41. The zero-order valence-corrected chi connectivity index (χ0v) is 24.5. The highest BCUT2D eigenvalue weighted by Gasteiger charge is 2.60. The predicted molar refractivity (Wildman–Crippen MR) is 155 cm³/mol. The summed E-state index contributed by atoms with van der Waals surface area (Å²) >= 11 is 0. The molecule has 7 aliphatic rings. The number of fused-ring (bicyclic) bond motifs is 4. The van der Waals surface area contributed by atoms with Crippen LogP contribution in [0, 0.1) is 23.7 Å². The minimum atomic E-state index is 0.273. The van der Waals surface area contributed by atoms with E-state index >= 15 is 0 Å². The van der Waals surface area contributed by atoms with Crippen LogP contribution in [0.15, 0.2) is 36.4 Å². The minimum Gasteiger partial charge on any atom is -0.0848 e. The van der Waals surface area contributed by atoms with Gasteiger partial charge >= 0.3 is 0 Å². The van der Waals surface area contributed by atoms with Crippen LogP contribution in [0.5, 0.6) is 0 Å². The third-order valence-corrected chi connectivity index (χ3v) is 12.8. The molecule has 0 amide bonds. The molecule has 37 heavy (non-hydrogen) atoms. The van der Waals surface area contributed by atoms with Crippen LogP contribution in [0.2, 0.25) is 0 Å². The molecule has 1 saturated carbocycles. The Morgan fingerprint density at radius 1 is 0.459 bits per heavy atom. The molecule has 0 aromatic heterocycles. The molecule has 0 N–H and O–H groups in total. The molecule has 0 aliphatic heterocycles. The van der Waals surface area contributed by atoms with Crippen molar-refractivity contribution in [3.8, 4) is 0 Å². The van der Waals surface area contributed by atoms with E-state index < -0.39 is 0 Å². The van der Waals surface area contributed by atoms with Crippen LogP contribution < -0.4 is 0 Å². The van der Waals surface area contributed by atoms with E-state index in [0.29, 0.717) is 11.8 Å². The molecule has 2 aromatic carbocycles. The molecule has 0 heteroatoms. The Hall–Kier alpha value is -1.82. The van der Waals surface area contributed by atoms with Crippen molar-refractivity contribution in [3.05, 3.63) is 80.9 Å². The number of benzene rings is 2. The molecule has 0 spiro atoms. The van der Waals surface area contributed by atoms with Crippen LogP contribution in [0.3, 0.4) is 0 Å². The maximum Gasteiger partial charge on any atom is 0.0132 e. The van der Waals surface area contributed by atoms with Gasteiger partial charge < -0.3 is 0 Å². The second kappa shape index (κ2) is 6.66. The summed E-state index contributed by atoms with van der Waals surface area (Å²) < 4.78 is 0. The van der Waals surface area contributed by atoms with E-state index in [9.17, 15) is 0 Å². The lowest BCUT2D eigenvalue weighted by atomic mass is 9.49. The van der Waals surface area contributed by atoms with Gasteiger partial charge in [0.15, 0.2) is 0 Å². The molecular weight excluding hydrogens is 444 g/mol. The van der Waals surface area contributed by atoms with Crippen molar-refractivity contribution in [1.82, 2.24) is 0 Å². The van der Waals surface area contributed by atoms with Crippen molar-refractivity contribution in [2.24, 2.45) is 23.7 Å². The third kappa shape index (κ3) is 2.76. The zero-order valence-electron chi connectivity index (χ0n) is 24.5. The lowest BCUT2D eigenvalue weighted by Crippen LogP contribution is -2.44. The summed E-state index contributed by atoms with van der Waals surface area (Å²) in [5.41, 5.74) is 14.6. The molecule has 0 radical (unpaired) electrons. The fourth-order valence-electron chi connectivity index (χ4n) is 10.4. The fourth-order valence-corrected chi connectivity index (χ4v) is 10.4. The van der Waals surface area contributed by atoms with E-state index in [1.165, 1.54) is 32.1 Å². The van der Waals surface area contributed by atoms with E-state index in [-0.39, 0.29) is 21.7 Å². The number of allylic oxidation sites excluding steroid dienone is 2. The molecule has 2 aromatic rings. The molecule has 194 valence electrons. The Balaban J connectivity index is 1.43. The number of rotatable bonds is 0. The number of hydrogen-bond donors (Lipinski definition) is 0. The van der Waals surface area contributed by atoms with Gasteiger partial charge in [0.25, 0.3) is 0 Å². The Labute approximate surface area is 225 Å². The lowest BCUT2D eigenvalue weighted by Gasteiger charge is -2.54. The molecule has 9 rings (SSSR count). The van der Waals surface area contributed by atoms with Gasteiger partial charge in [-0.1, -0.05) is 91.8 Å². The Kier molecular flexibility index (Phi) is 4.16. The van der Waals surface area contributed by atoms with Crippen molar-refractivity contribution < 1.29 is 0 Å². The van der Waals surface area contributed by atoms with Crippen molar-refractivity contribution >= 4 is 0 Å². The average Bonchev–Trinajstić information content (AvgIpc) is 3.47. The zero-order chi connectivity index (χ0) is 25.9. The molecule has 1 fully saturated rings. The van der Waals surface area contributed by atoms with E-state index in [1.807, 2.05) is 0 Å². The smallest absolute Gasteiger partial charge is 0.0132 e. The molecule has 0 heterocycles. The Morgan fingerprint density at radius 2 is 0.730 bits per heavy atom. The van der Waals surface area contributed by atoms with Gasteiger partial charge in [0.1, 0.15) is 0 Å². The first-order chi connectivity index (χ1) is 17.3. The third-order valence-electron chi connectivity index (χ3n) is 12.8. The summed E-state index contributed by atoms with van der Waals surface area (Å²) in [6.07, 6.45) is 11.8. The summed E-state index contributed by atoms with van der Waals surface area (Å²) in [4.78, 5) is 0. The summed E-state index contributed by atoms with van der Waals surface area (Å²) in [7, 11) is 0. The summed E-state index contributed by atoms with van der Waals surface area (Å²) in [5, 5.41) is 0. The highest BCUT2D eigenvalue weighted by atomic mass is 14.6. The van der Waals surface area contributed by atoms with Crippen molar-refractivity contribution in [1.29, 1.82) is 0 Å². The quantitative estimate of drug-likeness (QED) is 0.323. The monoisotopic (exact) mass is 490 g/mol. The van der Waals surface area contributed by atoms with Crippen LogP contribution >= 0.6 is 0 Å². The SMILES string of the molecule is CC1(C)CCC(C)(C)c2cc3c(cc21)C1c2cc4c(cc2C3C2C3C=CC(C3)C12)C(C)(C)CCC4(C)C. The normalized spacial score (nSPS) is 37.4. The van der Waals surface area contributed by atoms with Crippen LogP contribution in [-0.4, -0.2) is 0 Å². The highest BCUT2D eigenvalue weighted by Crippen LogP contribution is 2.69. The van der Waals surface area contributed by atoms with Crippen LogP contribution in [-0.2, 0) is 21.7 Å². The molecule has 0 saturated heterocycles. The molecule has 4 unspecified atom stereocenters. The summed E-state index contributed by atoms with van der Waals surface area (Å²) in [6.45, 7) is 20.1. The van der Waals surface area contributed by atoms with Gasteiger partial charge in [-0.15, -0.1) is 0 Å². The van der Waals surface area contributed by atoms with Gasteiger partial charge in [-0.05, 0) is 122 Å². The lowest BCUT2D eigenvalue weighted by molar-refractivity contribution is 0.211. The summed E-state index contributed by atoms with van der Waals surface area (Å²) in [5.74, 6) is 4.33. The maximum atomic E-state index is 2.76. The van der Waals surface area contributed by atoms with Gasteiger partial charge in [-0.25, -0.2) is 0 Å².